The number of amides is 2. The second-order valence-electron chi connectivity index (χ2n) is 6.30. The van der Waals surface area contributed by atoms with Gasteiger partial charge >= 0.3 is 6.03 Å². The second-order valence-corrected chi connectivity index (χ2v) is 6.30. The van der Waals surface area contributed by atoms with Crippen molar-refractivity contribution in [3.8, 4) is 11.4 Å². The van der Waals surface area contributed by atoms with E-state index in [1.165, 1.54) is 0 Å². The monoisotopic (exact) mass is 317 g/mol. The van der Waals surface area contributed by atoms with Gasteiger partial charge in [-0.25, -0.2) is 9.78 Å². The normalized spacial score (nSPS) is 11.3. The summed E-state index contributed by atoms with van der Waals surface area (Å²) in [5.74, 6) is 1.40. The van der Waals surface area contributed by atoms with Gasteiger partial charge < -0.3 is 15.7 Å². The van der Waals surface area contributed by atoms with Gasteiger partial charge in [-0.3, -0.25) is 5.10 Å². The Hall–Kier alpha value is -2.41. The van der Waals surface area contributed by atoms with Crippen LogP contribution >= 0.6 is 0 Å². The van der Waals surface area contributed by atoms with Gasteiger partial charge in [0.15, 0.2) is 5.82 Å². The number of hydrogen-bond donors (Lipinski definition) is 4. The minimum Gasteiger partial charge on any atom is -0.396 e. The lowest BCUT2D eigenvalue weighted by Crippen LogP contribution is -2.41. The Morgan fingerprint density at radius 2 is 2.13 bits per heavy atom. The molecule has 0 fully saturated rings. The first kappa shape index (κ1) is 17.0. The largest absolute Gasteiger partial charge is 0.396 e. The maximum atomic E-state index is 11.8. The van der Waals surface area contributed by atoms with Crippen LogP contribution < -0.4 is 10.6 Å². The highest BCUT2D eigenvalue weighted by molar-refractivity contribution is 5.73. The van der Waals surface area contributed by atoms with Crippen molar-refractivity contribution >= 4 is 6.03 Å². The van der Waals surface area contributed by atoms with Crippen LogP contribution in [0.5, 0.6) is 0 Å². The maximum Gasteiger partial charge on any atom is 0.315 e. The number of aliphatic hydroxyl groups excluding tert-OH is 1. The Morgan fingerprint density at radius 1 is 1.35 bits per heavy atom. The van der Waals surface area contributed by atoms with Crippen LogP contribution in [-0.2, 0) is 6.54 Å². The molecule has 0 aliphatic carbocycles. The molecule has 2 rings (SSSR count). The Kier molecular flexibility index (Phi) is 5.33. The van der Waals surface area contributed by atoms with Crippen molar-refractivity contribution in [2.45, 2.75) is 27.3 Å². The number of carbonyl (C=O) groups is 1. The van der Waals surface area contributed by atoms with E-state index in [0.717, 1.165) is 17.0 Å². The van der Waals surface area contributed by atoms with Crippen LogP contribution in [0, 0.1) is 12.3 Å². The number of nitrogens with one attached hydrogen (secondary N) is 3. The van der Waals surface area contributed by atoms with Gasteiger partial charge in [0.2, 0.25) is 0 Å². The van der Waals surface area contributed by atoms with E-state index < -0.39 is 0 Å². The topological polar surface area (TPSA) is 103 Å². The number of urea groups is 1. The zero-order valence-corrected chi connectivity index (χ0v) is 13.7. The Morgan fingerprint density at radius 3 is 2.78 bits per heavy atom. The number of carbonyl (C=O) groups excluding carboxylic acids is 1. The standard InChI is InChI=1S/C16H23N5O2/c1-11-19-14(21-20-11)13-6-4-5-12(7-13)8-17-15(23)18-9-16(2,3)10-22/h4-7,22H,8-10H2,1-3H3,(H2,17,18,23)(H,19,20,21). The van der Waals surface area contributed by atoms with Crippen molar-refractivity contribution in [2.75, 3.05) is 13.2 Å². The molecule has 7 nitrogen and oxygen atoms in total. The summed E-state index contributed by atoms with van der Waals surface area (Å²) in [4.78, 5) is 16.1. The highest BCUT2D eigenvalue weighted by Crippen LogP contribution is 2.16. The third-order valence-electron chi connectivity index (χ3n) is 3.39. The van der Waals surface area contributed by atoms with Gasteiger partial charge in [-0.15, -0.1) is 0 Å². The van der Waals surface area contributed by atoms with E-state index in [4.69, 9.17) is 5.11 Å². The molecule has 0 atom stereocenters. The number of H-pyrrole nitrogens is 1. The number of rotatable bonds is 6. The fraction of sp³-hybridized carbons (Fsp3) is 0.438. The smallest absolute Gasteiger partial charge is 0.315 e. The van der Waals surface area contributed by atoms with Crippen molar-refractivity contribution < 1.29 is 9.90 Å². The van der Waals surface area contributed by atoms with Crippen molar-refractivity contribution in [2.24, 2.45) is 5.41 Å². The van der Waals surface area contributed by atoms with Crippen molar-refractivity contribution in [1.82, 2.24) is 25.8 Å². The van der Waals surface area contributed by atoms with Crippen LogP contribution in [-0.4, -0.2) is 39.5 Å². The average molecular weight is 317 g/mol. The molecule has 4 N–H and O–H groups in total. The van der Waals surface area contributed by atoms with E-state index in [-0.39, 0.29) is 18.1 Å². The molecule has 0 saturated carbocycles. The molecule has 0 radical (unpaired) electrons. The lowest BCUT2D eigenvalue weighted by atomic mass is 9.95. The predicted molar refractivity (Wildman–Crippen MR) is 87.7 cm³/mol. The first-order valence-corrected chi connectivity index (χ1v) is 7.50. The molecule has 7 heteroatoms. The zero-order chi connectivity index (χ0) is 16.9. The minimum absolute atomic E-state index is 0.0193. The number of aliphatic hydroxyl groups is 1. The molecule has 1 heterocycles. The summed E-state index contributed by atoms with van der Waals surface area (Å²) in [7, 11) is 0. The third kappa shape index (κ3) is 5.07. The number of hydrogen-bond acceptors (Lipinski definition) is 4. The molecule has 1 aromatic heterocycles. The molecule has 1 aromatic carbocycles. The van der Waals surface area contributed by atoms with Gasteiger partial charge in [0.25, 0.3) is 0 Å². The maximum absolute atomic E-state index is 11.8. The van der Waals surface area contributed by atoms with Gasteiger partial charge in [0, 0.05) is 30.7 Å². The molecular formula is C16H23N5O2. The van der Waals surface area contributed by atoms with E-state index >= 15 is 0 Å². The molecule has 2 aromatic rings. The highest BCUT2D eigenvalue weighted by Gasteiger charge is 2.17. The zero-order valence-electron chi connectivity index (χ0n) is 13.7. The third-order valence-corrected chi connectivity index (χ3v) is 3.39. The molecule has 0 aliphatic heterocycles. The van der Waals surface area contributed by atoms with Gasteiger partial charge in [0.1, 0.15) is 5.82 Å². The Bertz CT molecular complexity index is 666. The van der Waals surface area contributed by atoms with Gasteiger partial charge in [-0.2, -0.15) is 5.10 Å². The van der Waals surface area contributed by atoms with Gasteiger partial charge in [0.05, 0.1) is 0 Å². The number of benzene rings is 1. The lowest BCUT2D eigenvalue weighted by Gasteiger charge is -2.21. The molecule has 0 unspecified atom stereocenters. The molecule has 0 spiro atoms. The quantitative estimate of drug-likeness (QED) is 0.649. The SMILES string of the molecule is Cc1nc(-c2cccc(CNC(=O)NCC(C)(C)CO)c2)n[nH]1. The van der Waals surface area contributed by atoms with Crippen molar-refractivity contribution in [1.29, 1.82) is 0 Å². The van der Waals surface area contributed by atoms with Crippen molar-refractivity contribution in [3.63, 3.8) is 0 Å². The van der Waals surface area contributed by atoms with E-state index in [2.05, 4.69) is 25.8 Å². The van der Waals surface area contributed by atoms with Crippen LogP contribution in [0.2, 0.25) is 0 Å². The van der Waals surface area contributed by atoms with Crippen LogP contribution in [0.25, 0.3) is 11.4 Å². The predicted octanol–water partition coefficient (Wildman–Crippen LogP) is 1.60. The number of aryl methyl sites for hydroxylation is 1. The summed E-state index contributed by atoms with van der Waals surface area (Å²) in [5.41, 5.74) is 1.53. The summed E-state index contributed by atoms with van der Waals surface area (Å²) in [5, 5.41) is 21.7. The summed E-state index contributed by atoms with van der Waals surface area (Å²) < 4.78 is 0. The van der Waals surface area contributed by atoms with Gasteiger partial charge in [-0.1, -0.05) is 32.0 Å². The second kappa shape index (κ2) is 7.23. The number of aromatic nitrogens is 3. The first-order valence-electron chi connectivity index (χ1n) is 7.50. The van der Waals surface area contributed by atoms with Crippen molar-refractivity contribution in [3.05, 3.63) is 35.7 Å². The van der Waals surface area contributed by atoms with E-state index in [1.807, 2.05) is 45.0 Å². The van der Waals surface area contributed by atoms with E-state index in [0.29, 0.717) is 18.9 Å². The molecule has 23 heavy (non-hydrogen) atoms. The van der Waals surface area contributed by atoms with E-state index in [9.17, 15) is 4.79 Å². The lowest BCUT2D eigenvalue weighted by molar-refractivity contribution is 0.157. The van der Waals surface area contributed by atoms with Crippen LogP contribution in [0.15, 0.2) is 24.3 Å². The highest BCUT2D eigenvalue weighted by atomic mass is 16.3. The molecule has 0 saturated heterocycles. The van der Waals surface area contributed by atoms with Gasteiger partial charge in [-0.05, 0) is 18.6 Å². The van der Waals surface area contributed by atoms with E-state index in [1.54, 1.807) is 0 Å². The van der Waals surface area contributed by atoms with Crippen LogP contribution in [0.1, 0.15) is 25.2 Å². The number of nitrogens with zero attached hydrogens (tertiary/aromatic N) is 2. The summed E-state index contributed by atoms with van der Waals surface area (Å²) in [6, 6.07) is 7.45. The average Bonchev–Trinajstić information content (AvgIpc) is 2.98. The Balaban J connectivity index is 1.90. The number of aromatic amines is 1. The summed E-state index contributed by atoms with van der Waals surface area (Å²) >= 11 is 0. The molecule has 124 valence electrons. The molecular weight excluding hydrogens is 294 g/mol. The van der Waals surface area contributed by atoms with Crippen LogP contribution in [0.4, 0.5) is 4.79 Å². The minimum atomic E-state index is -0.333. The Labute approximate surface area is 135 Å². The molecule has 2 amide bonds. The molecule has 0 bridgehead atoms. The summed E-state index contributed by atoms with van der Waals surface area (Å²) in [6.07, 6.45) is 0. The first-order chi connectivity index (χ1) is 10.9. The fourth-order valence-corrected chi connectivity index (χ4v) is 1.91. The molecule has 0 aliphatic rings. The fourth-order valence-electron chi connectivity index (χ4n) is 1.91. The summed E-state index contributed by atoms with van der Waals surface area (Å²) in [6.45, 7) is 6.45. The van der Waals surface area contributed by atoms with Crippen LogP contribution in [0.3, 0.4) is 0 Å².